The molecule has 0 bridgehead atoms. The molecule has 0 aliphatic rings. The Hall–Kier alpha value is -1.68. The second-order valence-corrected chi connectivity index (χ2v) is 3.40. The smallest absolute Gasteiger partial charge is 0.126 e. The lowest BCUT2D eigenvalue weighted by molar-refractivity contribution is 0.276. The first kappa shape index (κ1) is 9.86. The van der Waals surface area contributed by atoms with Gasteiger partial charge in [0.2, 0.25) is 0 Å². The van der Waals surface area contributed by atoms with Crippen molar-refractivity contribution in [3.05, 3.63) is 41.3 Å². The molecule has 2 rings (SSSR count). The molecule has 0 amide bonds. The molecule has 0 spiro atoms. The third kappa shape index (κ3) is 1.89. The van der Waals surface area contributed by atoms with Gasteiger partial charge in [0.05, 0.1) is 18.0 Å². The summed E-state index contributed by atoms with van der Waals surface area (Å²) in [7, 11) is 0. The zero-order valence-electron chi connectivity index (χ0n) is 8.29. The third-order valence-electron chi connectivity index (χ3n) is 2.25. The van der Waals surface area contributed by atoms with Crippen LogP contribution in [0.5, 0.6) is 0 Å². The second kappa shape index (κ2) is 3.82. The third-order valence-corrected chi connectivity index (χ3v) is 2.25. The largest absolute Gasteiger partial charge is 0.390 e. The normalized spacial score (nSPS) is 10.6. The highest BCUT2D eigenvalue weighted by molar-refractivity contribution is 5.60. The predicted octanol–water partition coefficient (Wildman–Crippen LogP) is 2.02. The average Bonchev–Trinajstić information content (AvgIpc) is 2.70. The molecule has 3 nitrogen and oxygen atoms in total. The highest BCUT2D eigenvalue weighted by Crippen LogP contribution is 2.20. The summed E-state index contributed by atoms with van der Waals surface area (Å²) in [5.41, 5.74) is 2.78. The van der Waals surface area contributed by atoms with Gasteiger partial charge in [-0.25, -0.2) is 4.39 Å². The molecule has 1 aromatic carbocycles. The first-order valence-electron chi connectivity index (χ1n) is 4.62. The quantitative estimate of drug-likeness (QED) is 0.789. The molecule has 2 N–H and O–H groups in total. The number of nitrogens with one attached hydrogen (secondary N) is 1. The lowest BCUT2D eigenvalue weighted by atomic mass is 10.1. The van der Waals surface area contributed by atoms with E-state index < -0.39 is 0 Å². The van der Waals surface area contributed by atoms with Crippen molar-refractivity contribution in [3.63, 3.8) is 0 Å². The molecule has 2 aromatic rings. The standard InChI is InChI=1S/C11H11FN2O/c1-7-4-8(2-3-10(7)12)11-5-9(6-15)13-14-11/h2-5,15H,6H2,1H3,(H,13,14). The summed E-state index contributed by atoms with van der Waals surface area (Å²) in [6.07, 6.45) is 0. The van der Waals surface area contributed by atoms with Crippen molar-refractivity contribution in [1.82, 2.24) is 10.2 Å². The number of rotatable bonds is 2. The maximum atomic E-state index is 13.0. The number of nitrogens with zero attached hydrogens (tertiary/aromatic N) is 1. The van der Waals surface area contributed by atoms with Crippen LogP contribution in [0.3, 0.4) is 0 Å². The molecule has 78 valence electrons. The van der Waals surface area contributed by atoms with E-state index in [0.717, 1.165) is 5.56 Å². The predicted molar refractivity (Wildman–Crippen MR) is 54.6 cm³/mol. The minimum absolute atomic E-state index is 0.0762. The van der Waals surface area contributed by atoms with Crippen molar-refractivity contribution in [2.45, 2.75) is 13.5 Å². The molecule has 4 heteroatoms. The van der Waals surface area contributed by atoms with E-state index in [4.69, 9.17) is 5.11 Å². The van der Waals surface area contributed by atoms with Crippen molar-refractivity contribution in [2.75, 3.05) is 0 Å². The Bertz CT molecular complexity index is 479. The van der Waals surface area contributed by atoms with Crippen LogP contribution in [-0.2, 0) is 6.61 Å². The van der Waals surface area contributed by atoms with Crippen molar-refractivity contribution >= 4 is 0 Å². The molecule has 1 aromatic heterocycles. The minimum atomic E-state index is -0.225. The van der Waals surface area contributed by atoms with E-state index in [1.165, 1.54) is 6.07 Å². The maximum Gasteiger partial charge on any atom is 0.126 e. The summed E-state index contributed by atoms with van der Waals surface area (Å²) in [5.74, 6) is -0.225. The van der Waals surface area contributed by atoms with Gasteiger partial charge in [-0.1, -0.05) is 0 Å². The second-order valence-electron chi connectivity index (χ2n) is 3.40. The average molecular weight is 206 g/mol. The minimum Gasteiger partial charge on any atom is -0.390 e. The first-order valence-corrected chi connectivity index (χ1v) is 4.62. The number of H-pyrrole nitrogens is 1. The monoisotopic (exact) mass is 206 g/mol. The van der Waals surface area contributed by atoms with Crippen LogP contribution < -0.4 is 0 Å². The van der Waals surface area contributed by atoms with Crippen LogP contribution in [-0.4, -0.2) is 15.3 Å². The molecule has 0 aliphatic carbocycles. The number of benzene rings is 1. The number of aromatic amines is 1. The summed E-state index contributed by atoms with van der Waals surface area (Å²) in [5, 5.41) is 15.6. The fourth-order valence-corrected chi connectivity index (χ4v) is 1.39. The summed E-state index contributed by atoms with van der Waals surface area (Å²) < 4.78 is 13.0. The van der Waals surface area contributed by atoms with Crippen LogP contribution in [0.2, 0.25) is 0 Å². The molecule has 1 heterocycles. The Labute approximate surface area is 86.6 Å². The van der Waals surface area contributed by atoms with E-state index in [-0.39, 0.29) is 12.4 Å². The Morgan fingerprint density at radius 3 is 2.80 bits per heavy atom. The Morgan fingerprint density at radius 2 is 2.20 bits per heavy atom. The van der Waals surface area contributed by atoms with Crippen LogP contribution in [0, 0.1) is 12.7 Å². The van der Waals surface area contributed by atoms with Crippen molar-refractivity contribution < 1.29 is 9.50 Å². The SMILES string of the molecule is Cc1cc(-c2cc(CO)[nH]n2)ccc1F. The van der Waals surface area contributed by atoms with Crippen molar-refractivity contribution in [1.29, 1.82) is 0 Å². The highest BCUT2D eigenvalue weighted by atomic mass is 19.1. The lowest BCUT2D eigenvalue weighted by Crippen LogP contribution is -1.84. The Balaban J connectivity index is 2.40. The van der Waals surface area contributed by atoms with Crippen LogP contribution in [0.4, 0.5) is 4.39 Å². The van der Waals surface area contributed by atoms with Gasteiger partial charge in [0.15, 0.2) is 0 Å². The lowest BCUT2D eigenvalue weighted by Gasteiger charge is -1.99. The van der Waals surface area contributed by atoms with Gasteiger partial charge in [0.1, 0.15) is 5.82 Å². The molecule has 0 radical (unpaired) electrons. The van der Waals surface area contributed by atoms with Crippen LogP contribution in [0.15, 0.2) is 24.3 Å². The van der Waals surface area contributed by atoms with E-state index in [1.54, 1.807) is 25.1 Å². The fourth-order valence-electron chi connectivity index (χ4n) is 1.39. The number of hydrogen-bond acceptors (Lipinski definition) is 2. The van der Waals surface area contributed by atoms with Gasteiger partial charge in [-0.2, -0.15) is 5.10 Å². The molecule has 0 aliphatic heterocycles. The summed E-state index contributed by atoms with van der Waals surface area (Å²) in [6, 6.07) is 6.55. The van der Waals surface area contributed by atoms with Crippen molar-refractivity contribution in [3.8, 4) is 11.3 Å². The number of aromatic nitrogens is 2. The van der Waals surface area contributed by atoms with Gasteiger partial charge in [0, 0.05) is 5.56 Å². The maximum absolute atomic E-state index is 13.0. The zero-order chi connectivity index (χ0) is 10.8. The molecular weight excluding hydrogens is 195 g/mol. The van der Waals surface area contributed by atoms with Gasteiger partial charge >= 0.3 is 0 Å². The molecule has 15 heavy (non-hydrogen) atoms. The van der Waals surface area contributed by atoms with Gasteiger partial charge in [-0.05, 0) is 36.8 Å². The van der Waals surface area contributed by atoms with E-state index in [1.807, 2.05) is 0 Å². The number of hydrogen-bond donors (Lipinski definition) is 2. The van der Waals surface area contributed by atoms with Crippen LogP contribution in [0.1, 0.15) is 11.3 Å². The summed E-state index contributed by atoms with van der Waals surface area (Å²) in [4.78, 5) is 0. The van der Waals surface area contributed by atoms with E-state index >= 15 is 0 Å². The van der Waals surface area contributed by atoms with Crippen molar-refractivity contribution in [2.24, 2.45) is 0 Å². The molecule has 0 saturated heterocycles. The zero-order valence-corrected chi connectivity index (χ0v) is 8.29. The van der Waals surface area contributed by atoms with E-state index in [0.29, 0.717) is 17.0 Å². The fraction of sp³-hybridized carbons (Fsp3) is 0.182. The van der Waals surface area contributed by atoms with Crippen LogP contribution in [0.25, 0.3) is 11.3 Å². The summed E-state index contributed by atoms with van der Waals surface area (Å²) >= 11 is 0. The number of aliphatic hydroxyl groups excluding tert-OH is 1. The number of aliphatic hydroxyl groups is 1. The highest BCUT2D eigenvalue weighted by Gasteiger charge is 2.05. The molecule has 0 saturated carbocycles. The molecule has 0 atom stereocenters. The van der Waals surface area contributed by atoms with Crippen LogP contribution >= 0.6 is 0 Å². The Kier molecular flexibility index (Phi) is 2.51. The summed E-state index contributed by atoms with van der Waals surface area (Å²) in [6.45, 7) is 1.63. The van der Waals surface area contributed by atoms with Gasteiger partial charge in [-0.15, -0.1) is 0 Å². The molecule has 0 unspecified atom stereocenters. The number of halogens is 1. The molecular formula is C11H11FN2O. The van der Waals surface area contributed by atoms with E-state index in [2.05, 4.69) is 10.2 Å². The van der Waals surface area contributed by atoms with E-state index in [9.17, 15) is 4.39 Å². The van der Waals surface area contributed by atoms with Gasteiger partial charge < -0.3 is 5.11 Å². The van der Waals surface area contributed by atoms with Gasteiger partial charge in [-0.3, -0.25) is 5.10 Å². The number of aryl methyl sites for hydroxylation is 1. The molecule has 0 fully saturated rings. The topological polar surface area (TPSA) is 48.9 Å². The Morgan fingerprint density at radius 1 is 1.40 bits per heavy atom. The van der Waals surface area contributed by atoms with Gasteiger partial charge in [0.25, 0.3) is 0 Å². The first-order chi connectivity index (χ1) is 7.20.